The molecule has 0 aliphatic carbocycles. The maximum atomic E-state index is 11.4. The fourth-order valence-electron chi connectivity index (χ4n) is 1.99. The van der Waals surface area contributed by atoms with E-state index in [1.807, 2.05) is 14.0 Å². The number of carbonyl (C=O) groups is 1. The molecule has 5 nitrogen and oxygen atoms in total. The Balaban J connectivity index is 2.22. The number of hydrogen-bond acceptors (Lipinski definition) is 4. The summed E-state index contributed by atoms with van der Waals surface area (Å²) in [6.07, 6.45) is 0. The highest BCUT2D eigenvalue weighted by Crippen LogP contribution is 2.30. The maximum absolute atomic E-state index is 11.4. The maximum Gasteiger partial charge on any atom is 0.161 e. The van der Waals surface area contributed by atoms with Gasteiger partial charge in [0.1, 0.15) is 6.61 Å². The van der Waals surface area contributed by atoms with E-state index in [1.165, 1.54) is 14.0 Å². The second-order valence-corrected chi connectivity index (χ2v) is 5.06. The van der Waals surface area contributed by atoms with Crippen molar-refractivity contribution in [2.45, 2.75) is 20.5 Å². The zero-order valence-corrected chi connectivity index (χ0v) is 13.2. The van der Waals surface area contributed by atoms with Gasteiger partial charge in [0.25, 0.3) is 0 Å². The minimum absolute atomic E-state index is 0.0230. The molecule has 1 aromatic carbocycles. The van der Waals surface area contributed by atoms with Crippen molar-refractivity contribution in [2.75, 3.05) is 7.11 Å². The van der Waals surface area contributed by atoms with E-state index >= 15 is 0 Å². The number of ketones is 1. The fourth-order valence-corrected chi connectivity index (χ4v) is 2.20. The molecule has 0 aliphatic heterocycles. The quantitative estimate of drug-likeness (QED) is 0.796. The van der Waals surface area contributed by atoms with Gasteiger partial charge in [-0.15, -0.1) is 0 Å². The summed E-state index contributed by atoms with van der Waals surface area (Å²) in [7, 11) is 3.35. The summed E-state index contributed by atoms with van der Waals surface area (Å²) in [4.78, 5) is 11.4. The minimum Gasteiger partial charge on any atom is -0.493 e. The SMILES string of the molecule is COc1cc(C(C)=O)ccc1OCc1c(Cl)c(C)nn1C. The van der Waals surface area contributed by atoms with Gasteiger partial charge < -0.3 is 9.47 Å². The van der Waals surface area contributed by atoms with E-state index in [4.69, 9.17) is 21.1 Å². The molecule has 0 N–H and O–H groups in total. The first-order valence-electron chi connectivity index (χ1n) is 6.43. The van der Waals surface area contributed by atoms with Crippen molar-refractivity contribution in [2.24, 2.45) is 7.05 Å². The minimum atomic E-state index is -0.0230. The van der Waals surface area contributed by atoms with E-state index in [1.54, 1.807) is 22.9 Å². The van der Waals surface area contributed by atoms with Crippen molar-refractivity contribution < 1.29 is 14.3 Å². The van der Waals surface area contributed by atoms with E-state index in [2.05, 4.69) is 5.10 Å². The van der Waals surface area contributed by atoms with Crippen LogP contribution >= 0.6 is 11.6 Å². The Kier molecular flexibility index (Phi) is 4.53. The number of methoxy groups -OCH3 is 1. The number of aromatic nitrogens is 2. The normalized spacial score (nSPS) is 10.5. The molecule has 1 heterocycles. The number of rotatable bonds is 5. The van der Waals surface area contributed by atoms with Gasteiger partial charge in [-0.25, -0.2) is 0 Å². The van der Waals surface area contributed by atoms with Crippen LogP contribution in [-0.2, 0) is 13.7 Å². The molecule has 0 atom stereocenters. The molecule has 0 unspecified atom stereocenters. The van der Waals surface area contributed by atoms with Crippen molar-refractivity contribution in [3.8, 4) is 11.5 Å². The van der Waals surface area contributed by atoms with Gasteiger partial charge in [0.15, 0.2) is 17.3 Å². The number of nitrogens with zero attached hydrogens (tertiary/aromatic N) is 2. The van der Waals surface area contributed by atoms with Gasteiger partial charge >= 0.3 is 0 Å². The van der Waals surface area contributed by atoms with Crippen molar-refractivity contribution in [3.05, 3.63) is 40.2 Å². The first-order chi connectivity index (χ1) is 9.93. The molecule has 0 aliphatic rings. The predicted molar refractivity (Wildman–Crippen MR) is 80.3 cm³/mol. The van der Waals surface area contributed by atoms with Crippen LogP contribution in [0.5, 0.6) is 11.5 Å². The van der Waals surface area contributed by atoms with Gasteiger partial charge in [0.2, 0.25) is 0 Å². The number of ether oxygens (including phenoxy) is 2. The van der Waals surface area contributed by atoms with Crippen LogP contribution in [0.15, 0.2) is 18.2 Å². The number of benzene rings is 1. The standard InChI is InChI=1S/C15H17ClN2O3/c1-9-15(16)12(18(3)17-9)8-21-13-6-5-11(10(2)19)7-14(13)20-4/h5-7H,8H2,1-4H3. The van der Waals surface area contributed by atoms with Gasteiger partial charge in [0, 0.05) is 12.6 Å². The van der Waals surface area contributed by atoms with E-state index in [9.17, 15) is 4.79 Å². The summed E-state index contributed by atoms with van der Waals surface area (Å²) in [6.45, 7) is 3.62. The van der Waals surface area contributed by atoms with Gasteiger partial charge in [-0.05, 0) is 32.0 Å². The third-order valence-corrected chi connectivity index (χ3v) is 3.69. The Morgan fingerprint density at radius 3 is 2.62 bits per heavy atom. The molecule has 0 fully saturated rings. The number of aryl methyl sites for hydroxylation is 2. The van der Waals surface area contributed by atoms with Crippen molar-refractivity contribution in [3.63, 3.8) is 0 Å². The van der Waals surface area contributed by atoms with Crippen LogP contribution in [0.25, 0.3) is 0 Å². The van der Waals surface area contributed by atoms with E-state index in [0.717, 1.165) is 11.4 Å². The van der Waals surface area contributed by atoms with Crippen molar-refractivity contribution in [1.29, 1.82) is 0 Å². The van der Waals surface area contributed by atoms with Crippen LogP contribution < -0.4 is 9.47 Å². The summed E-state index contributed by atoms with van der Waals surface area (Å²) in [6, 6.07) is 5.08. The smallest absolute Gasteiger partial charge is 0.161 e. The fraction of sp³-hybridized carbons (Fsp3) is 0.333. The van der Waals surface area contributed by atoms with Gasteiger partial charge in [0.05, 0.1) is 23.5 Å². The zero-order chi connectivity index (χ0) is 15.6. The van der Waals surface area contributed by atoms with Gasteiger partial charge in [-0.3, -0.25) is 9.48 Å². The lowest BCUT2D eigenvalue weighted by molar-refractivity contribution is 0.101. The highest BCUT2D eigenvalue weighted by atomic mass is 35.5. The third kappa shape index (κ3) is 3.19. The Labute approximate surface area is 128 Å². The van der Waals surface area contributed by atoms with E-state index < -0.39 is 0 Å². The average Bonchev–Trinajstić information content (AvgIpc) is 2.70. The van der Waals surface area contributed by atoms with Crippen LogP contribution in [-0.4, -0.2) is 22.7 Å². The Morgan fingerprint density at radius 1 is 1.38 bits per heavy atom. The Bertz CT molecular complexity index is 680. The summed E-state index contributed by atoms with van der Waals surface area (Å²) in [5.41, 5.74) is 2.12. The molecule has 0 saturated carbocycles. The second-order valence-electron chi connectivity index (χ2n) is 4.68. The summed E-state index contributed by atoms with van der Waals surface area (Å²) >= 11 is 6.18. The zero-order valence-electron chi connectivity index (χ0n) is 12.4. The molecule has 21 heavy (non-hydrogen) atoms. The molecule has 0 amide bonds. The van der Waals surface area contributed by atoms with Crippen LogP contribution in [0.3, 0.4) is 0 Å². The highest BCUT2D eigenvalue weighted by Gasteiger charge is 2.14. The topological polar surface area (TPSA) is 53.4 Å². The lowest BCUT2D eigenvalue weighted by atomic mass is 10.1. The van der Waals surface area contributed by atoms with Crippen molar-refractivity contribution in [1.82, 2.24) is 9.78 Å². The largest absolute Gasteiger partial charge is 0.493 e. The lowest BCUT2D eigenvalue weighted by Gasteiger charge is -2.12. The van der Waals surface area contributed by atoms with E-state index in [0.29, 0.717) is 22.1 Å². The molecule has 1 aromatic heterocycles. The van der Waals surface area contributed by atoms with E-state index in [-0.39, 0.29) is 12.4 Å². The first kappa shape index (κ1) is 15.4. The van der Waals surface area contributed by atoms with Crippen LogP contribution in [0.2, 0.25) is 5.02 Å². The van der Waals surface area contributed by atoms with Crippen LogP contribution in [0.1, 0.15) is 28.7 Å². The molecule has 112 valence electrons. The number of hydrogen-bond donors (Lipinski definition) is 0. The predicted octanol–water partition coefficient (Wildman–Crippen LogP) is 3.17. The summed E-state index contributed by atoms with van der Waals surface area (Å²) in [5.74, 6) is 1.04. The molecule has 0 bridgehead atoms. The van der Waals surface area contributed by atoms with Gasteiger partial charge in [-0.2, -0.15) is 5.10 Å². The first-order valence-corrected chi connectivity index (χ1v) is 6.81. The molecular weight excluding hydrogens is 292 g/mol. The second kappa shape index (κ2) is 6.18. The average molecular weight is 309 g/mol. The molecule has 6 heteroatoms. The monoisotopic (exact) mass is 308 g/mol. The molecule has 2 rings (SSSR count). The molecule has 0 radical (unpaired) electrons. The Hall–Kier alpha value is -2.01. The van der Waals surface area contributed by atoms with Crippen molar-refractivity contribution >= 4 is 17.4 Å². The number of Topliss-reactive ketones (excluding diaryl/α,β-unsaturated/α-hetero) is 1. The molecule has 2 aromatic rings. The number of carbonyl (C=O) groups excluding carboxylic acids is 1. The van der Waals surface area contributed by atoms with Gasteiger partial charge in [-0.1, -0.05) is 11.6 Å². The lowest BCUT2D eigenvalue weighted by Crippen LogP contribution is -2.05. The molecular formula is C15H17ClN2O3. The van der Waals surface area contributed by atoms with Crippen LogP contribution in [0.4, 0.5) is 0 Å². The Morgan fingerprint density at radius 2 is 2.10 bits per heavy atom. The molecule has 0 saturated heterocycles. The third-order valence-electron chi connectivity index (χ3n) is 3.20. The molecule has 0 spiro atoms. The summed E-state index contributed by atoms with van der Waals surface area (Å²) in [5, 5.41) is 4.83. The summed E-state index contributed by atoms with van der Waals surface area (Å²) < 4.78 is 12.7. The van der Waals surface area contributed by atoms with Crippen LogP contribution in [0, 0.1) is 6.92 Å². The number of halogens is 1. The highest BCUT2D eigenvalue weighted by molar-refractivity contribution is 6.31.